The van der Waals surface area contributed by atoms with Gasteiger partial charge < -0.3 is 0 Å². The molecule has 0 bridgehead atoms. The smallest absolute Gasteiger partial charge is 0.0349 e. The fourth-order valence-electron chi connectivity index (χ4n) is 6.81. The molecule has 0 aliphatic rings. The Morgan fingerprint density at radius 3 is 1.32 bits per heavy atom. The van der Waals surface area contributed by atoms with Gasteiger partial charge in [0.05, 0.1) is 0 Å². The summed E-state index contributed by atoms with van der Waals surface area (Å²) in [5.74, 6) is 0. The highest BCUT2D eigenvalue weighted by Crippen LogP contribution is 2.46. The minimum atomic E-state index is 1.17. The number of benzene rings is 6. The third-order valence-corrected chi connectivity index (χ3v) is 8.98. The van der Waals surface area contributed by atoms with Crippen LogP contribution in [0.2, 0.25) is 0 Å². The molecular weight excluding hydrogens is 532 g/mol. The fourth-order valence-corrected chi connectivity index (χ4v) is 6.81. The number of hydrogen-bond acceptors (Lipinski definition) is 2. The van der Waals surface area contributed by atoms with Gasteiger partial charge in [-0.2, -0.15) is 0 Å². The molecule has 0 amide bonds. The molecule has 6 aromatic carbocycles. The Kier molecular flexibility index (Phi) is 6.27. The Labute approximate surface area is 257 Å². The Hall–Kier alpha value is -5.60. The maximum atomic E-state index is 4.45. The lowest BCUT2D eigenvalue weighted by Gasteiger charge is -2.20. The van der Waals surface area contributed by atoms with Gasteiger partial charge in [-0.05, 0) is 103 Å². The highest BCUT2D eigenvalue weighted by atomic mass is 14.6. The molecule has 0 aliphatic carbocycles. The molecule has 2 aromatic heterocycles. The van der Waals surface area contributed by atoms with Crippen molar-refractivity contribution in [3.05, 3.63) is 157 Å². The van der Waals surface area contributed by atoms with Crippen LogP contribution in [0.4, 0.5) is 0 Å². The van der Waals surface area contributed by atoms with Gasteiger partial charge in [-0.15, -0.1) is 0 Å². The van der Waals surface area contributed by atoms with Crippen LogP contribution in [-0.4, -0.2) is 9.97 Å². The van der Waals surface area contributed by atoms with Crippen molar-refractivity contribution in [2.75, 3.05) is 0 Å². The van der Waals surface area contributed by atoms with Crippen molar-refractivity contribution in [1.29, 1.82) is 0 Å². The third-order valence-electron chi connectivity index (χ3n) is 8.98. The van der Waals surface area contributed by atoms with Crippen LogP contribution in [-0.2, 0) is 0 Å². The molecule has 8 rings (SSSR count). The van der Waals surface area contributed by atoms with Crippen LogP contribution in [0.25, 0.3) is 76.8 Å². The van der Waals surface area contributed by atoms with Crippen LogP contribution >= 0.6 is 0 Å². The van der Waals surface area contributed by atoms with Gasteiger partial charge in [-0.1, -0.05) is 109 Å². The van der Waals surface area contributed by atoms with Crippen LogP contribution in [0, 0.1) is 13.8 Å². The number of fused-ring (bicyclic) bond motifs is 3. The molecule has 0 radical (unpaired) electrons. The molecule has 0 saturated carbocycles. The highest BCUT2D eigenvalue weighted by Gasteiger charge is 2.19. The lowest BCUT2D eigenvalue weighted by atomic mass is 9.83. The zero-order valence-electron chi connectivity index (χ0n) is 24.8. The largest absolute Gasteiger partial charge is 0.264 e. The molecule has 2 nitrogen and oxygen atoms in total. The zero-order valence-corrected chi connectivity index (χ0v) is 24.8. The van der Waals surface area contributed by atoms with Gasteiger partial charge >= 0.3 is 0 Å². The van der Waals surface area contributed by atoms with Gasteiger partial charge in [-0.25, -0.2) is 0 Å². The van der Waals surface area contributed by atoms with Crippen molar-refractivity contribution in [3.8, 4) is 44.5 Å². The Morgan fingerprint density at radius 2 is 0.773 bits per heavy atom. The average Bonchev–Trinajstić information content (AvgIpc) is 3.08. The molecule has 0 fully saturated rings. The molecule has 208 valence electrons. The first-order valence-electron chi connectivity index (χ1n) is 15.1. The van der Waals surface area contributed by atoms with E-state index in [9.17, 15) is 0 Å². The normalized spacial score (nSPS) is 11.4. The minimum absolute atomic E-state index is 1.17. The molecule has 0 N–H and O–H groups in total. The maximum absolute atomic E-state index is 4.45. The number of nitrogens with zero attached hydrogens (tertiary/aromatic N) is 2. The predicted molar refractivity (Wildman–Crippen MR) is 186 cm³/mol. The summed E-state index contributed by atoms with van der Waals surface area (Å²) in [4.78, 5) is 8.82. The van der Waals surface area contributed by atoms with Crippen molar-refractivity contribution in [1.82, 2.24) is 9.97 Å². The molecule has 2 heterocycles. The summed E-state index contributed by atoms with van der Waals surface area (Å²) in [6.45, 7) is 4.29. The fraction of sp³-hybridized carbons (Fsp3) is 0.0476. The summed E-state index contributed by atoms with van der Waals surface area (Å²) in [6, 6.07) is 44.2. The summed E-state index contributed by atoms with van der Waals surface area (Å²) >= 11 is 0. The van der Waals surface area contributed by atoms with Crippen LogP contribution in [0.3, 0.4) is 0 Å². The highest BCUT2D eigenvalue weighted by molar-refractivity contribution is 6.24. The summed E-state index contributed by atoms with van der Waals surface area (Å²) in [6.07, 6.45) is 7.65. The third kappa shape index (κ3) is 4.19. The van der Waals surface area contributed by atoms with E-state index < -0.39 is 0 Å². The molecule has 2 heteroatoms. The first-order chi connectivity index (χ1) is 21.7. The molecule has 0 unspecified atom stereocenters. The van der Waals surface area contributed by atoms with E-state index in [0.717, 1.165) is 0 Å². The molecule has 0 atom stereocenters. The van der Waals surface area contributed by atoms with Crippen molar-refractivity contribution < 1.29 is 0 Å². The summed E-state index contributed by atoms with van der Waals surface area (Å²) < 4.78 is 0. The Bertz CT molecular complexity index is 2290. The SMILES string of the molecule is Cc1ccncc1-c1ccc(-c2c3ccccc3c(-c3ccc(-c4cnccc4C)c4ccccc34)c3ccccc23)cc1. The van der Waals surface area contributed by atoms with Crippen molar-refractivity contribution in [3.63, 3.8) is 0 Å². The average molecular weight is 563 g/mol. The quantitative estimate of drug-likeness (QED) is 0.199. The van der Waals surface area contributed by atoms with E-state index in [4.69, 9.17) is 0 Å². The van der Waals surface area contributed by atoms with E-state index in [1.807, 2.05) is 24.8 Å². The maximum Gasteiger partial charge on any atom is 0.0349 e. The van der Waals surface area contributed by atoms with Gasteiger partial charge in [-0.3, -0.25) is 9.97 Å². The van der Waals surface area contributed by atoms with Crippen LogP contribution in [0.1, 0.15) is 11.1 Å². The van der Waals surface area contributed by atoms with E-state index in [1.165, 1.54) is 88.0 Å². The number of rotatable bonds is 4. The van der Waals surface area contributed by atoms with Gasteiger partial charge in [0, 0.05) is 35.9 Å². The van der Waals surface area contributed by atoms with Gasteiger partial charge in [0.1, 0.15) is 0 Å². The summed E-state index contributed by atoms with van der Waals surface area (Å²) in [7, 11) is 0. The second-order valence-electron chi connectivity index (χ2n) is 11.5. The van der Waals surface area contributed by atoms with Crippen molar-refractivity contribution in [2.24, 2.45) is 0 Å². The molecule has 8 aromatic rings. The number of aromatic nitrogens is 2. The van der Waals surface area contributed by atoms with Crippen LogP contribution in [0.15, 0.2) is 146 Å². The monoisotopic (exact) mass is 562 g/mol. The zero-order chi connectivity index (χ0) is 29.6. The number of hydrogen-bond donors (Lipinski definition) is 0. The minimum Gasteiger partial charge on any atom is -0.264 e. The van der Waals surface area contributed by atoms with Crippen molar-refractivity contribution in [2.45, 2.75) is 13.8 Å². The second kappa shape index (κ2) is 10.6. The molecule has 44 heavy (non-hydrogen) atoms. The summed E-state index contributed by atoms with van der Waals surface area (Å²) in [5, 5.41) is 7.49. The first kappa shape index (κ1) is 26.1. The van der Waals surface area contributed by atoms with Crippen molar-refractivity contribution >= 4 is 32.3 Å². The lowest BCUT2D eigenvalue weighted by molar-refractivity contribution is 1.29. The van der Waals surface area contributed by atoms with E-state index in [0.29, 0.717) is 0 Å². The Morgan fingerprint density at radius 1 is 0.341 bits per heavy atom. The van der Waals surface area contributed by atoms with Crippen LogP contribution < -0.4 is 0 Å². The van der Waals surface area contributed by atoms with Gasteiger partial charge in [0.15, 0.2) is 0 Å². The second-order valence-corrected chi connectivity index (χ2v) is 11.5. The predicted octanol–water partition coefficient (Wildman–Crippen LogP) is 11.2. The van der Waals surface area contributed by atoms with E-state index in [2.05, 4.69) is 145 Å². The first-order valence-corrected chi connectivity index (χ1v) is 15.1. The lowest BCUT2D eigenvalue weighted by Crippen LogP contribution is -1.93. The number of pyridine rings is 2. The van der Waals surface area contributed by atoms with Crippen LogP contribution in [0.5, 0.6) is 0 Å². The van der Waals surface area contributed by atoms with E-state index in [1.54, 1.807) is 0 Å². The van der Waals surface area contributed by atoms with E-state index in [-0.39, 0.29) is 0 Å². The summed E-state index contributed by atoms with van der Waals surface area (Å²) in [5.41, 5.74) is 12.2. The molecule has 0 saturated heterocycles. The topological polar surface area (TPSA) is 25.8 Å². The molecule has 0 spiro atoms. The van der Waals surface area contributed by atoms with Gasteiger partial charge in [0.2, 0.25) is 0 Å². The molecule has 0 aliphatic heterocycles. The Balaban J connectivity index is 1.40. The van der Waals surface area contributed by atoms with Gasteiger partial charge in [0.25, 0.3) is 0 Å². The molecular formula is C42H30N2. The van der Waals surface area contributed by atoms with E-state index >= 15 is 0 Å². The standard InChI is InChI=1S/C42H30N2/c1-27-21-23-43-25-39(27)29-15-17-30(18-16-29)41-34-11-5-7-13-36(34)42(37-14-8-6-12-35(37)41)38-20-19-33(31-9-3-4-10-32(31)38)40-26-44-24-22-28(40)2/h3-26H,1-2H3. The number of aryl methyl sites for hydroxylation is 2.